The van der Waals surface area contributed by atoms with Crippen molar-refractivity contribution in [2.24, 2.45) is 0 Å². The molecular weight excluding hydrogens is 796 g/mol. The van der Waals surface area contributed by atoms with Crippen LogP contribution in [0.25, 0.3) is 98.4 Å². The summed E-state index contributed by atoms with van der Waals surface area (Å²) in [6, 6.07) is 12.9. The first kappa shape index (κ1) is 46.9. The highest BCUT2D eigenvalue weighted by molar-refractivity contribution is 6.77. The quantitative estimate of drug-likeness (QED) is 0.0985. The van der Waals surface area contributed by atoms with Crippen molar-refractivity contribution in [1.29, 1.82) is 0 Å². The first-order chi connectivity index (χ1) is 32.1. The molecule has 1 aromatic heterocycles. The van der Waals surface area contributed by atoms with E-state index in [4.69, 9.17) is 169 Å². The average molecular weight is 803 g/mol. The highest BCUT2D eigenvalue weighted by Gasteiger charge is 2.31. The summed E-state index contributed by atoms with van der Waals surface area (Å²) in [6.07, 6.45) is 0. The molecule has 10 aromatic rings. The zero-order valence-electron chi connectivity index (χ0n) is 36.1. The van der Waals surface area contributed by atoms with Crippen LogP contribution >= 0.6 is 0 Å². The molecular formula is C46H7B21O. The molecule has 1 nitrogen and oxygen atoms in total. The minimum absolute atomic E-state index is 0.0192. The number of rotatable bonds is 3. The van der Waals surface area contributed by atoms with E-state index < -0.39 is 0 Å². The normalized spacial score (nSPS) is 11.9. The largest absolute Gasteiger partial charge is 0.456 e. The van der Waals surface area contributed by atoms with E-state index in [1.54, 1.807) is 6.07 Å². The molecule has 0 saturated carbocycles. The molecule has 0 unspecified atom stereocenters. The fourth-order valence-corrected chi connectivity index (χ4v) is 10.1. The Labute approximate surface area is 422 Å². The van der Waals surface area contributed by atoms with E-state index >= 15 is 0 Å². The first-order valence-electron chi connectivity index (χ1n) is 20.5. The molecule has 22 heteroatoms. The fraction of sp³-hybridized carbons (Fsp3) is 0. The van der Waals surface area contributed by atoms with Crippen molar-refractivity contribution in [3.63, 3.8) is 0 Å². The van der Waals surface area contributed by atoms with Gasteiger partial charge in [0.25, 0.3) is 0 Å². The van der Waals surface area contributed by atoms with Crippen LogP contribution in [0.3, 0.4) is 0 Å². The van der Waals surface area contributed by atoms with Gasteiger partial charge in [-0.15, -0.1) is 43.7 Å². The number of hydrogen-bond acceptors (Lipinski definition) is 1. The van der Waals surface area contributed by atoms with E-state index in [0.717, 1.165) is 5.39 Å². The molecule has 0 amide bonds. The maximum Gasteiger partial charge on any atom is 0.136 e. The van der Waals surface area contributed by atoms with Gasteiger partial charge in [-0.2, -0.15) is 0 Å². The number of para-hydroxylation sites is 1. The van der Waals surface area contributed by atoms with Crippen LogP contribution in [0.5, 0.6) is 0 Å². The Morgan fingerprint density at radius 3 is 0.971 bits per heavy atom. The Morgan fingerprint density at radius 2 is 0.529 bits per heavy atom. The van der Waals surface area contributed by atoms with E-state index in [-0.39, 0.29) is 180 Å². The molecule has 0 saturated heterocycles. The van der Waals surface area contributed by atoms with Crippen molar-refractivity contribution in [3.05, 3.63) is 42.5 Å². The molecule has 0 atom stereocenters. The summed E-state index contributed by atoms with van der Waals surface area (Å²) in [5.74, 6) is 0. The van der Waals surface area contributed by atoms with Crippen molar-refractivity contribution in [3.8, 4) is 33.4 Å². The minimum atomic E-state index is -0.145. The second kappa shape index (κ2) is 16.1. The van der Waals surface area contributed by atoms with Crippen LogP contribution in [0, 0.1) is 0 Å². The Hall–Kier alpha value is -4.82. The molecule has 1 heterocycles. The average Bonchev–Trinajstić information content (AvgIpc) is 3.71. The lowest BCUT2D eigenvalue weighted by Gasteiger charge is -2.33. The monoisotopic (exact) mass is 806 g/mol. The highest BCUT2D eigenvalue weighted by atomic mass is 16.3. The summed E-state index contributed by atoms with van der Waals surface area (Å²) in [7, 11) is 145. The molecule has 260 valence electrons. The first-order valence-corrected chi connectivity index (χ1v) is 20.5. The van der Waals surface area contributed by atoms with Gasteiger partial charge in [0.15, 0.2) is 0 Å². The summed E-state index contributed by atoms with van der Waals surface area (Å²) >= 11 is 0. The molecule has 0 aliphatic heterocycles. The maximum absolute atomic E-state index is 7.35. The lowest BCUT2D eigenvalue weighted by atomic mass is 9.55. The van der Waals surface area contributed by atoms with E-state index in [1.807, 2.05) is 36.4 Å². The van der Waals surface area contributed by atoms with Gasteiger partial charge in [-0.25, -0.2) is 0 Å². The Morgan fingerprint density at radius 1 is 0.206 bits per heavy atom. The summed E-state index contributed by atoms with van der Waals surface area (Å²) in [6.45, 7) is 0. The third-order valence-electron chi connectivity index (χ3n) is 13.5. The predicted molar refractivity (Wildman–Crippen MR) is 313 cm³/mol. The molecule has 68 heavy (non-hydrogen) atoms. The molecule has 0 bridgehead atoms. The van der Waals surface area contributed by atoms with Gasteiger partial charge in [0.1, 0.15) is 176 Å². The molecule has 9 aromatic carbocycles. The van der Waals surface area contributed by atoms with Gasteiger partial charge >= 0.3 is 0 Å². The van der Waals surface area contributed by atoms with Gasteiger partial charge in [0.05, 0.1) is 0 Å². The third-order valence-corrected chi connectivity index (χ3v) is 13.5. The van der Waals surface area contributed by atoms with Crippen LogP contribution in [-0.4, -0.2) is 165 Å². The predicted octanol–water partition coefficient (Wildman–Crippen LogP) is -12.1. The van der Waals surface area contributed by atoms with Crippen molar-refractivity contribution < 1.29 is 4.42 Å². The summed E-state index contributed by atoms with van der Waals surface area (Å²) < 4.78 is 6.19. The number of furan rings is 1. The topological polar surface area (TPSA) is 13.1 Å². The number of fused-ring (bicyclic) bond motifs is 8. The second-order valence-electron chi connectivity index (χ2n) is 16.8. The Bertz CT molecular complexity index is 3930. The third kappa shape index (κ3) is 6.00. The van der Waals surface area contributed by atoms with Gasteiger partial charge < -0.3 is 4.42 Å². The Kier molecular flexibility index (Phi) is 11.1. The van der Waals surface area contributed by atoms with E-state index in [9.17, 15) is 0 Å². The molecule has 0 fully saturated rings. The van der Waals surface area contributed by atoms with Crippen molar-refractivity contribution >= 4 is 345 Å². The van der Waals surface area contributed by atoms with Crippen molar-refractivity contribution in [1.82, 2.24) is 0 Å². The zero-order valence-corrected chi connectivity index (χ0v) is 36.1. The SMILES string of the molecule is [B]c1c([B])c(-c2cccc3oc4ccccc4c23)c([B])c([B])c1-c1c2c([B])c([B])c([B])c([B])c2c(-c2c([B])c3c([B])c([B])c([B])c([B])c3c3c([B])c([B])c([B])c([B])c23)c2c([B])c([B])c([B])c([B])c12. The van der Waals surface area contributed by atoms with Crippen LogP contribution in [0.1, 0.15) is 0 Å². The molecule has 0 spiro atoms. The van der Waals surface area contributed by atoms with E-state index in [1.165, 1.54) is 0 Å². The summed E-state index contributed by atoms with van der Waals surface area (Å²) in [5.41, 5.74) is 0.346. The van der Waals surface area contributed by atoms with E-state index in [2.05, 4.69) is 0 Å². The van der Waals surface area contributed by atoms with Crippen LogP contribution in [0.2, 0.25) is 0 Å². The van der Waals surface area contributed by atoms with Gasteiger partial charge in [0, 0.05) is 10.8 Å². The lowest BCUT2D eigenvalue weighted by Crippen LogP contribution is -2.52. The minimum Gasteiger partial charge on any atom is -0.456 e. The van der Waals surface area contributed by atoms with Crippen LogP contribution in [0.4, 0.5) is 0 Å². The zero-order chi connectivity index (χ0) is 49.2. The Balaban J connectivity index is 1.51. The van der Waals surface area contributed by atoms with Crippen molar-refractivity contribution in [2.75, 3.05) is 0 Å². The fourth-order valence-electron chi connectivity index (χ4n) is 10.1. The summed E-state index contributed by atoms with van der Waals surface area (Å²) in [5, 5.41) is 2.20. The van der Waals surface area contributed by atoms with Gasteiger partial charge in [-0.05, 0) is 88.6 Å². The lowest BCUT2D eigenvalue weighted by molar-refractivity contribution is 0.669. The molecule has 10 rings (SSSR count). The van der Waals surface area contributed by atoms with E-state index in [0.29, 0.717) is 27.7 Å². The molecule has 42 radical (unpaired) electrons. The van der Waals surface area contributed by atoms with Crippen molar-refractivity contribution in [2.45, 2.75) is 0 Å². The molecule has 0 N–H and O–H groups in total. The maximum atomic E-state index is 7.35. The van der Waals surface area contributed by atoms with Gasteiger partial charge in [0.2, 0.25) is 0 Å². The molecule has 0 aliphatic carbocycles. The molecule has 0 aliphatic rings. The van der Waals surface area contributed by atoms with Gasteiger partial charge in [-0.1, -0.05) is 101 Å². The number of hydrogen-bond donors (Lipinski definition) is 0. The smallest absolute Gasteiger partial charge is 0.136 e. The standard InChI is InChI=1S/C46H7B21O/c47-26-16(21-22(34(55)44(65)43(64)33(21)54)23-25(26)38(59)46(67)45(66)35(23)56)14-17-19(31(52)41(62)39(60)29(17)50)15(20-18(14)30(51)40(61)42(63)32(20)53)24-36(57)27(48)13(28(49)37(24)58)9-5-3-7-11-12(9)8-4-1-2-6-10(8)68-11/h1-7H. The second-order valence-corrected chi connectivity index (χ2v) is 16.8. The summed E-state index contributed by atoms with van der Waals surface area (Å²) in [4.78, 5) is 0. The highest BCUT2D eigenvalue weighted by Crippen LogP contribution is 2.42. The van der Waals surface area contributed by atoms with Crippen LogP contribution in [-0.2, 0) is 0 Å². The van der Waals surface area contributed by atoms with Crippen LogP contribution < -0.4 is 115 Å². The van der Waals surface area contributed by atoms with Gasteiger partial charge in [-0.3, -0.25) is 0 Å². The number of benzene rings is 9. The van der Waals surface area contributed by atoms with Crippen LogP contribution in [0.15, 0.2) is 46.9 Å².